The molecule has 22 heavy (non-hydrogen) atoms. The van der Waals surface area contributed by atoms with Crippen molar-refractivity contribution in [2.45, 2.75) is 6.42 Å². The van der Waals surface area contributed by atoms with Crippen LogP contribution in [0.25, 0.3) is 16.3 Å². The number of rotatable bonds is 2. The SMILES string of the molecule is COC(=O)c1ccc2ccc(C#N)c(C3=CCOCC3)c2c1. The van der Waals surface area contributed by atoms with Crippen molar-refractivity contribution in [1.29, 1.82) is 5.26 Å². The Hall–Kier alpha value is -2.64. The lowest BCUT2D eigenvalue weighted by atomic mass is 9.90. The summed E-state index contributed by atoms with van der Waals surface area (Å²) in [5.74, 6) is -0.379. The van der Waals surface area contributed by atoms with Crippen molar-refractivity contribution in [2.75, 3.05) is 20.3 Å². The minimum atomic E-state index is -0.379. The lowest BCUT2D eigenvalue weighted by molar-refractivity contribution is 0.0601. The molecule has 1 aliphatic heterocycles. The summed E-state index contributed by atoms with van der Waals surface area (Å²) in [6, 6.07) is 11.4. The first-order valence-electron chi connectivity index (χ1n) is 7.07. The summed E-state index contributed by atoms with van der Waals surface area (Å²) in [6.45, 7) is 1.19. The predicted molar refractivity (Wildman–Crippen MR) is 83.4 cm³/mol. The highest BCUT2D eigenvalue weighted by molar-refractivity contribution is 6.01. The van der Waals surface area contributed by atoms with Crippen LogP contribution in [0.2, 0.25) is 0 Å². The number of esters is 1. The minimum Gasteiger partial charge on any atom is -0.465 e. The molecule has 1 aliphatic rings. The molecule has 1 heterocycles. The molecule has 0 radical (unpaired) electrons. The average Bonchev–Trinajstić information content (AvgIpc) is 2.60. The molecule has 0 aromatic heterocycles. The summed E-state index contributed by atoms with van der Waals surface area (Å²) in [4.78, 5) is 11.8. The zero-order valence-electron chi connectivity index (χ0n) is 12.3. The number of hydrogen-bond donors (Lipinski definition) is 0. The summed E-state index contributed by atoms with van der Waals surface area (Å²) >= 11 is 0. The maximum absolute atomic E-state index is 11.8. The van der Waals surface area contributed by atoms with Gasteiger partial charge < -0.3 is 9.47 Å². The van der Waals surface area contributed by atoms with Crippen LogP contribution in [-0.4, -0.2) is 26.3 Å². The van der Waals surface area contributed by atoms with Crippen LogP contribution in [0.15, 0.2) is 36.4 Å². The number of fused-ring (bicyclic) bond motifs is 1. The van der Waals surface area contributed by atoms with Crippen molar-refractivity contribution in [2.24, 2.45) is 0 Å². The second-order valence-electron chi connectivity index (χ2n) is 5.08. The van der Waals surface area contributed by atoms with Crippen LogP contribution in [0.1, 0.15) is 27.9 Å². The molecule has 0 saturated carbocycles. The number of carbonyl (C=O) groups is 1. The van der Waals surface area contributed by atoms with E-state index in [0.29, 0.717) is 24.3 Å². The predicted octanol–water partition coefficient (Wildman–Crippen LogP) is 3.30. The fraction of sp³-hybridized carbons (Fsp3) is 0.222. The molecule has 0 amide bonds. The molecule has 0 N–H and O–H groups in total. The highest BCUT2D eigenvalue weighted by Crippen LogP contribution is 2.32. The molecule has 4 nitrogen and oxygen atoms in total. The van der Waals surface area contributed by atoms with Crippen LogP contribution in [-0.2, 0) is 9.47 Å². The first-order chi connectivity index (χ1) is 10.7. The van der Waals surface area contributed by atoms with Gasteiger partial charge in [-0.15, -0.1) is 0 Å². The lowest BCUT2D eigenvalue weighted by Crippen LogP contribution is -2.06. The molecule has 110 valence electrons. The van der Waals surface area contributed by atoms with Crippen LogP contribution >= 0.6 is 0 Å². The smallest absolute Gasteiger partial charge is 0.337 e. The largest absolute Gasteiger partial charge is 0.465 e. The Morgan fingerprint density at radius 2 is 2.14 bits per heavy atom. The fourth-order valence-electron chi connectivity index (χ4n) is 2.76. The summed E-state index contributed by atoms with van der Waals surface area (Å²) in [5.41, 5.74) is 3.09. The van der Waals surface area contributed by atoms with E-state index < -0.39 is 0 Å². The summed E-state index contributed by atoms with van der Waals surface area (Å²) in [5, 5.41) is 11.3. The van der Waals surface area contributed by atoms with E-state index in [1.807, 2.05) is 24.3 Å². The van der Waals surface area contributed by atoms with Crippen molar-refractivity contribution in [1.82, 2.24) is 0 Å². The molecule has 0 unspecified atom stereocenters. The van der Waals surface area contributed by atoms with E-state index in [9.17, 15) is 10.1 Å². The summed E-state index contributed by atoms with van der Waals surface area (Å²) < 4.78 is 10.1. The standard InChI is InChI=1S/C18H15NO3/c1-21-18(20)14-4-2-12-3-5-15(11-19)17(16(12)10-14)13-6-8-22-9-7-13/h2-6,10H,7-9H2,1H3. The molecule has 0 saturated heterocycles. The zero-order chi connectivity index (χ0) is 15.5. The van der Waals surface area contributed by atoms with Gasteiger partial charge in [0.25, 0.3) is 0 Å². The normalized spacial score (nSPS) is 14.3. The second kappa shape index (κ2) is 6.00. The van der Waals surface area contributed by atoms with E-state index in [1.54, 1.807) is 12.1 Å². The third kappa shape index (κ3) is 2.47. The Kier molecular flexibility index (Phi) is 3.90. The van der Waals surface area contributed by atoms with Gasteiger partial charge in [0, 0.05) is 5.56 Å². The van der Waals surface area contributed by atoms with Crippen LogP contribution < -0.4 is 0 Å². The molecule has 3 rings (SSSR count). The van der Waals surface area contributed by atoms with Gasteiger partial charge in [0.15, 0.2) is 0 Å². The Balaban J connectivity index is 2.28. The first kappa shape index (κ1) is 14.3. The number of methoxy groups -OCH3 is 1. The van der Waals surface area contributed by atoms with Gasteiger partial charge >= 0.3 is 5.97 Å². The van der Waals surface area contributed by atoms with Crippen molar-refractivity contribution in [3.8, 4) is 6.07 Å². The highest BCUT2D eigenvalue weighted by atomic mass is 16.5. The number of benzene rings is 2. The van der Waals surface area contributed by atoms with Gasteiger partial charge in [0.2, 0.25) is 0 Å². The molecular weight excluding hydrogens is 278 g/mol. The number of ether oxygens (including phenoxy) is 2. The molecule has 0 spiro atoms. The lowest BCUT2D eigenvalue weighted by Gasteiger charge is -2.17. The van der Waals surface area contributed by atoms with E-state index in [1.165, 1.54) is 7.11 Å². The summed E-state index contributed by atoms with van der Waals surface area (Å²) in [6.07, 6.45) is 2.76. The molecule has 2 aromatic rings. The van der Waals surface area contributed by atoms with E-state index in [2.05, 4.69) is 6.07 Å². The third-order valence-electron chi connectivity index (χ3n) is 3.85. The monoisotopic (exact) mass is 293 g/mol. The van der Waals surface area contributed by atoms with Gasteiger partial charge in [-0.25, -0.2) is 4.79 Å². The van der Waals surface area contributed by atoms with E-state index in [-0.39, 0.29) is 5.97 Å². The Morgan fingerprint density at radius 1 is 1.32 bits per heavy atom. The van der Waals surface area contributed by atoms with Gasteiger partial charge in [-0.3, -0.25) is 0 Å². The van der Waals surface area contributed by atoms with Crippen molar-refractivity contribution < 1.29 is 14.3 Å². The Bertz CT molecular complexity index is 815. The van der Waals surface area contributed by atoms with Gasteiger partial charge in [0.05, 0.1) is 37.5 Å². The number of carbonyl (C=O) groups excluding carboxylic acids is 1. The quantitative estimate of drug-likeness (QED) is 0.797. The number of nitriles is 1. The van der Waals surface area contributed by atoms with Crippen LogP contribution in [0.5, 0.6) is 0 Å². The highest BCUT2D eigenvalue weighted by Gasteiger charge is 2.16. The number of nitrogens with zero attached hydrogens (tertiary/aromatic N) is 1. The maximum Gasteiger partial charge on any atom is 0.337 e. The Morgan fingerprint density at radius 3 is 2.82 bits per heavy atom. The average molecular weight is 293 g/mol. The number of hydrogen-bond acceptors (Lipinski definition) is 4. The van der Waals surface area contributed by atoms with Crippen molar-refractivity contribution >= 4 is 22.3 Å². The first-order valence-corrected chi connectivity index (χ1v) is 7.07. The Labute approximate surface area is 128 Å². The molecular formula is C18H15NO3. The van der Waals surface area contributed by atoms with E-state index >= 15 is 0 Å². The third-order valence-corrected chi connectivity index (χ3v) is 3.85. The van der Waals surface area contributed by atoms with E-state index in [0.717, 1.165) is 28.3 Å². The summed E-state index contributed by atoms with van der Waals surface area (Å²) in [7, 11) is 1.36. The van der Waals surface area contributed by atoms with Crippen molar-refractivity contribution in [3.05, 3.63) is 53.1 Å². The van der Waals surface area contributed by atoms with Gasteiger partial charge in [-0.05, 0) is 41.0 Å². The molecule has 4 heteroatoms. The van der Waals surface area contributed by atoms with E-state index in [4.69, 9.17) is 9.47 Å². The van der Waals surface area contributed by atoms with Crippen LogP contribution in [0, 0.1) is 11.3 Å². The fourth-order valence-corrected chi connectivity index (χ4v) is 2.76. The zero-order valence-corrected chi connectivity index (χ0v) is 12.3. The topological polar surface area (TPSA) is 59.3 Å². The molecule has 0 bridgehead atoms. The second-order valence-corrected chi connectivity index (χ2v) is 5.08. The maximum atomic E-state index is 11.8. The molecule has 0 atom stereocenters. The molecule has 0 aliphatic carbocycles. The van der Waals surface area contributed by atoms with Crippen molar-refractivity contribution in [3.63, 3.8) is 0 Å². The van der Waals surface area contributed by atoms with Crippen LogP contribution in [0.3, 0.4) is 0 Å². The molecule has 0 fully saturated rings. The van der Waals surface area contributed by atoms with Gasteiger partial charge in [-0.1, -0.05) is 18.2 Å². The van der Waals surface area contributed by atoms with Gasteiger partial charge in [-0.2, -0.15) is 5.26 Å². The molecule has 2 aromatic carbocycles. The van der Waals surface area contributed by atoms with Gasteiger partial charge in [0.1, 0.15) is 0 Å². The van der Waals surface area contributed by atoms with Crippen LogP contribution in [0.4, 0.5) is 0 Å². The minimum absolute atomic E-state index is 0.379.